The van der Waals surface area contributed by atoms with E-state index in [1.807, 2.05) is 32.0 Å². The van der Waals surface area contributed by atoms with Crippen LogP contribution in [0.2, 0.25) is 0 Å². The van der Waals surface area contributed by atoms with E-state index >= 15 is 0 Å². The Kier molecular flexibility index (Phi) is 6.16. The lowest BCUT2D eigenvalue weighted by atomic mass is 10.1. The quantitative estimate of drug-likeness (QED) is 0.663. The first-order valence-corrected chi connectivity index (χ1v) is 9.63. The van der Waals surface area contributed by atoms with Gasteiger partial charge in [0.15, 0.2) is 0 Å². The van der Waals surface area contributed by atoms with Crippen LogP contribution in [-0.4, -0.2) is 23.3 Å². The van der Waals surface area contributed by atoms with Crippen molar-refractivity contribution in [3.8, 4) is 10.6 Å². The van der Waals surface area contributed by atoms with Crippen LogP contribution < -0.4 is 10.6 Å². The minimum absolute atomic E-state index is 0.0580. The maximum Gasteiger partial charge on any atom is 0.243 e. The molecule has 28 heavy (non-hydrogen) atoms. The van der Waals surface area contributed by atoms with Crippen LogP contribution in [0, 0.1) is 19.7 Å². The summed E-state index contributed by atoms with van der Waals surface area (Å²) in [5.74, 6) is -0.917. The van der Waals surface area contributed by atoms with Crippen LogP contribution in [0.15, 0.2) is 47.8 Å². The van der Waals surface area contributed by atoms with E-state index in [1.165, 1.54) is 23.5 Å². The molecule has 0 aliphatic rings. The van der Waals surface area contributed by atoms with Gasteiger partial charge < -0.3 is 10.6 Å². The number of aryl methyl sites for hydroxylation is 2. The van der Waals surface area contributed by atoms with E-state index in [4.69, 9.17) is 0 Å². The van der Waals surface area contributed by atoms with Gasteiger partial charge in [0.05, 0.1) is 18.7 Å². The molecule has 0 spiro atoms. The molecule has 0 radical (unpaired) electrons. The summed E-state index contributed by atoms with van der Waals surface area (Å²) in [6, 6.07) is 11.9. The number of thiazole rings is 1. The third-order valence-corrected chi connectivity index (χ3v) is 5.10. The smallest absolute Gasteiger partial charge is 0.243 e. The summed E-state index contributed by atoms with van der Waals surface area (Å²) in [6.07, 6.45) is 0.0580. The molecule has 144 valence electrons. The molecule has 0 saturated carbocycles. The second-order valence-corrected chi connectivity index (χ2v) is 7.28. The molecule has 2 amide bonds. The summed E-state index contributed by atoms with van der Waals surface area (Å²) >= 11 is 1.35. The molecule has 3 rings (SSSR count). The van der Waals surface area contributed by atoms with Gasteiger partial charge in [0, 0.05) is 16.6 Å². The van der Waals surface area contributed by atoms with Crippen molar-refractivity contribution in [1.82, 2.24) is 10.3 Å². The number of anilines is 1. The molecule has 0 bridgehead atoms. The number of aromatic nitrogens is 1. The van der Waals surface area contributed by atoms with Gasteiger partial charge in [0.2, 0.25) is 11.8 Å². The van der Waals surface area contributed by atoms with Crippen LogP contribution >= 0.6 is 11.3 Å². The number of rotatable bonds is 6. The Bertz CT molecular complexity index is 996. The molecule has 0 fully saturated rings. The number of nitrogens with zero attached hydrogens (tertiary/aromatic N) is 1. The summed E-state index contributed by atoms with van der Waals surface area (Å²) in [5.41, 5.74) is 3.95. The second-order valence-electron chi connectivity index (χ2n) is 6.42. The number of hydrogen-bond donors (Lipinski definition) is 2. The fraction of sp³-hybridized carbons (Fsp3) is 0.190. The van der Waals surface area contributed by atoms with Gasteiger partial charge in [-0.05, 0) is 37.1 Å². The summed E-state index contributed by atoms with van der Waals surface area (Å²) in [5, 5.41) is 7.84. The van der Waals surface area contributed by atoms with Crippen LogP contribution in [-0.2, 0) is 16.0 Å². The zero-order valence-electron chi connectivity index (χ0n) is 15.6. The number of halogens is 1. The van der Waals surface area contributed by atoms with Gasteiger partial charge in [-0.1, -0.05) is 30.3 Å². The highest BCUT2D eigenvalue weighted by Crippen LogP contribution is 2.24. The van der Waals surface area contributed by atoms with Crippen LogP contribution in [0.25, 0.3) is 10.6 Å². The number of benzene rings is 2. The molecule has 7 heteroatoms. The molecule has 5 nitrogen and oxygen atoms in total. The third-order valence-electron chi connectivity index (χ3n) is 4.16. The number of carbonyl (C=O) groups is 2. The van der Waals surface area contributed by atoms with Crippen molar-refractivity contribution >= 4 is 28.8 Å². The zero-order chi connectivity index (χ0) is 20.1. The van der Waals surface area contributed by atoms with E-state index < -0.39 is 0 Å². The van der Waals surface area contributed by atoms with Crippen LogP contribution in [0.3, 0.4) is 0 Å². The normalized spacial score (nSPS) is 10.5. The van der Waals surface area contributed by atoms with E-state index in [2.05, 4.69) is 15.6 Å². The van der Waals surface area contributed by atoms with Crippen LogP contribution in [0.4, 0.5) is 10.1 Å². The van der Waals surface area contributed by atoms with Gasteiger partial charge in [0.1, 0.15) is 10.8 Å². The van der Waals surface area contributed by atoms with E-state index in [9.17, 15) is 14.0 Å². The maximum absolute atomic E-state index is 13.3. The molecule has 1 aromatic heterocycles. The third kappa shape index (κ3) is 5.01. The van der Waals surface area contributed by atoms with Gasteiger partial charge in [-0.15, -0.1) is 11.3 Å². The molecule has 0 aliphatic heterocycles. The monoisotopic (exact) mass is 397 g/mol. The summed E-state index contributed by atoms with van der Waals surface area (Å²) in [4.78, 5) is 28.6. The Labute approximate surface area is 166 Å². The van der Waals surface area contributed by atoms with Crippen molar-refractivity contribution in [3.05, 3.63) is 70.5 Å². The summed E-state index contributed by atoms with van der Waals surface area (Å²) in [6.45, 7) is 3.72. The van der Waals surface area contributed by atoms with Gasteiger partial charge in [-0.3, -0.25) is 9.59 Å². The van der Waals surface area contributed by atoms with E-state index in [-0.39, 0.29) is 30.6 Å². The largest absolute Gasteiger partial charge is 0.347 e. The standard InChI is InChI=1S/C21H20FN3O2S/c1-13-5-3-6-14(2)20(13)25-19(27)11-23-18(26)10-17-12-28-21(24-17)15-7-4-8-16(22)9-15/h3-9,12H,10-11H2,1-2H3,(H,23,26)(H,25,27). The molecular formula is C21H20FN3O2S. The number of para-hydroxylation sites is 1. The highest BCUT2D eigenvalue weighted by Gasteiger charge is 2.12. The lowest BCUT2D eigenvalue weighted by Gasteiger charge is -2.11. The van der Waals surface area contributed by atoms with Crippen molar-refractivity contribution in [2.45, 2.75) is 20.3 Å². The molecule has 0 aliphatic carbocycles. The molecule has 0 unspecified atom stereocenters. The van der Waals surface area contributed by atoms with Gasteiger partial charge >= 0.3 is 0 Å². The van der Waals surface area contributed by atoms with E-state index in [0.29, 0.717) is 16.3 Å². The molecule has 2 aromatic carbocycles. The first-order valence-electron chi connectivity index (χ1n) is 8.75. The topological polar surface area (TPSA) is 71.1 Å². The Hall–Kier alpha value is -3.06. The van der Waals surface area contributed by atoms with E-state index in [0.717, 1.165) is 16.8 Å². The van der Waals surface area contributed by atoms with Gasteiger partial charge in [0.25, 0.3) is 0 Å². The molecular weight excluding hydrogens is 377 g/mol. The Morgan fingerprint density at radius 1 is 1.07 bits per heavy atom. The Morgan fingerprint density at radius 3 is 2.50 bits per heavy atom. The average molecular weight is 397 g/mol. The minimum atomic E-state index is -0.332. The number of amides is 2. The second kappa shape index (κ2) is 8.75. The lowest BCUT2D eigenvalue weighted by Crippen LogP contribution is -2.34. The van der Waals surface area contributed by atoms with Crippen LogP contribution in [0.5, 0.6) is 0 Å². The van der Waals surface area contributed by atoms with Crippen molar-refractivity contribution in [1.29, 1.82) is 0 Å². The predicted octanol–water partition coefficient (Wildman–Crippen LogP) is 3.86. The van der Waals surface area contributed by atoms with Crippen molar-refractivity contribution in [3.63, 3.8) is 0 Å². The maximum atomic E-state index is 13.3. The highest BCUT2D eigenvalue weighted by atomic mass is 32.1. The Balaban J connectivity index is 1.53. The van der Waals surface area contributed by atoms with Crippen LogP contribution in [0.1, 0.15) is 16.8 Å². The fourth-order valence-corrected chi connectivity index (χ4v) is 3.56. The highest BCUT2D eigenvalue weighted by molar-refractivity contribution is 7.13. The SMILES string of the molecule is Cc1cccc(C)c1NC(=O)CNC(=O)Cc1csc(-c2cccc(F)c2)n1. The lowest BCUT2D eigenvalue weighted by molar-refractivity contribution is -0.123. The van der Waals surface area contributed by atoms with Crippen molar-refractivity contribution < 1.29 is 14.0 Å². The average Bonchev–Trinajstić information content (AvgIpc) is 3.12. The van der Waals surface area contributed by atoms with Gasteiger partial charge in [-0.2, -0.15) is 0 Å². The minimum Gasteiger partial charge on any atom is -0.347 e. The van der Waals surface area contributed by atoms with E-state index in [1.54, 1.807) is 17.5 Å². The number of hydrogen-bond acceptors (Lipinski definition) is 4. The first kappa shape index (κ1) is 19.7. The molecule has 3 aromatic rings. The Morgan fingerprint density at radius 2 is 1.79 bits per heavy atom. The first-order chi connectivity index (χ1) is 13.4. The molecule has 2 N–H and O–H groups in total. The van der Waals surface area contributed by atoms with Gasteiger partial charge in [-0.25, -0.2) is 9.37 Å². The zero-order valence-corrected chi connectivity index (χ0v) is 16.4. The number of nitrogens with one attached hydrogen (secondary N) is 2. The molecule has 0 atom stereocenters. The fourth-order valence-electron chi connectivity index (χ4n) is 2.74. The predicted molar refractivity (Wildman–Crippen MR) is 109 cm³/mol. The summed E-state index contributed by atoms with van der Waals surface area (Å²) < 4.78 is 13.3. The van der Waals surface area contributed by atoms with Crippen molar-refractivity contribution in [2.24, 2.45) is 0 Å². The molecule has 0 saturated heterocycles. The summed E-state index contributed by atoms with van der Waals surface area (Å²) in [7, 11) is 0. The van der Waals surface area contributed by atoms with Crippen molar-refractivity contribution in [2.75, 3.05) is 11.9 Å². The molecule has 1 heterocycles. The number of carbonyl (C=O) groups excluding carboxylic acids is 2.